The van der Waals surface area contributed by atoms with Gasteiger partial charge in [-0.25, -0.2) is 18.2 Å². The Labute approximate surface area is 204 Å². The predicted molar refractivity (Wildman–Crippen MR) is 127 cm³/mol. The van der Waals surface area contributed by atoms with Crippen LogP contribution in [-0.4, -0.2) is 47.3 Å². The minimum atomic E-state index is -1.18. The summed E-state index contributed by atoms with van der Waals surface area (Å²) >= 11 is 0. The molecule has 2 bridgehead atoms. The van der Waals surface area contributed by atoms with Gasteiger partial charge >= 0.3 is 0 Å². The number of rotatable bonds is 5. The summed E-state index contributed by atoms with van der Waals surface area (Å²) in [6.07, 6.45) is 4.08. The zero-order chi connectivity index (χ0) is 25.4. The fourth-order valence-electron chi connectivity index (χ4n) is 5.80. The van der Waals surface area contributed by atoms with Gasteiger partial charge in [0.25, 0.3) is 5.91 Å². The van der Waals surface area contributed by atoms with Crippen LogP contribution in [0.3, 0.4) is 0 Å². The smallest absolute Gasteiger partial charge is 0.257 e. The number of pyridine rings is 2. The van der Waals surface area contributed by atoms with Gasteiger partial charge in [0.05, 0.1) is 11.0 Å². The van der Waals surface area contributed by atoms with E-state index in [1.165, 1.54) is 6.07 Å². The third-order valence-electron chi connectivity index (χ3n) is 7.92. The van der Waals surface area contributed by atoms with Crippen molar-refractivity contribution in [2.24, 2.45) is 11.8 Å². The van der Waals surface area contributed by atoms with Crippen LogP contribution in [0, 0.1) is 29.3 Å². The number of halogens is 3. The normalized spacial score (nSPS) is 23.9. The van der Waals surface area contributed by atoms with E-state index >= 15 is 0 Å². The summed E-state index contributed by atoms with van der Waals surface area (Å²) in [6.45, 7) is 3.02. The largest absolute Gasteiger partial charge is 0.375 e. The first-order valence-electron chi connectivity index (χ1n) is 12.0. The van der Waals surface area contributed by atoms with Crippen molar-refractivity contribution in [1.29, 1.82) is 0 Å². The average Bonchev–Trinajstić information content (AvgIpc) is 3.37. The minimum Gasteiger partial charge on any atom is -0.375 e. The second-order valence-corrected chi connectivity index (χ2v) is 10.4. The van der Waals surface area contributed by atoms with Gasteiger partial charge in [0.15, 0.2) is 17.3 Å². The van der Waals surface area contributed by atoms with Crippen molar-refractivity contribution >= 4 is 22.8 Å². The molecule has 36 heavy (non-hydrogen) atoms. The quantitative estimate of drug-likeness (QED) is 0.582. The summed E-state index contributed by atoms with van der Waals surface area (Å²) in [5.41, 5.74) is -1.84. The van der Waals surface area contributed by atoms with Crippen LogP contribution >= 0.6 is 0 Å². The van der Waals surface area contributed by atoms with Gasteiger partial charge in [-0.05, 0) is 50.2 Å². The van der Waals surface area contributed by atoms with Crippen molar-refractivity contribution in [2.45, 2.75) is 37.8 Å². The minimum absolute atomic E-state index is 0.0210. The van der Waals surface area contributed by atoms with Crippen LogP contribution in [0.2, 0.25) is 0 Å². The summed E-state index contributed by atoms with van der Waals surface area (Å²) < 4.78 is 50.0. The van der Waals surface area contributed by atoms with Crippen LogP contribution in [0.25, 0.3) is 16.7 Å². The molecule has 1 aromatic carbocycles. The number of methoxy groups -OCH3 is 1. The number of carbonyl (C=O) groups is 1. The number of hydrogen-bond acceptors (Lipinski definition) is 5. The van der Waals surface area contributed by atoms with Crippen LogP contribution < -0.4 is 15.6 Å². The molecule has 7 rings (SSSR count). The van der Waals surface area contributed by atoms with E-state index in [1.54, 1.807) is 13.2 Å². The molecule has 3 heterocycles. The molecule has 1 aliphatic heterocycles. The van der Waals surface area contributed by atoms with Crippen LogP contribution in [-0.2, 0) is 4.74 Å². The van der Waals surface area contributed by atoms with Gasteiger partial charge in [0, 0.05) is 44.6 Å². The number of fused-ring (bicyclic) bond motifs is 2. The van der Waals surface area contributed by atoms with Gasteiger partial charge in [-0.3, -0.25) is 14.2 Å². The SMILES string of the molecule is COC1(C)CN(c2ccc3c(=O)c(C(=O)NC4CC5CC4C5)cn(-c4c(F)cc(F)cc4F)c3n2)C1. The van der Waals surface area contributed by atoms with Gasteiger partial charge in [-0.15, -0.1) is 0 Å². The van der Waals surface area contributed by atoms with Gasteiger partial charge in [0.2, 0.25) is 5.43 Å². The molecular formula is C26H25F3N4O3. The summed E-state index contributed by atoms with van der Waals surface area (Å²) in [5.74, 6) is -2.56. The lowest BCUT2D eigenvalue weighted by Crippen LogP contribution is -2.61. The molecule has 7 nitrogen and oxygen atoms in total. The standard InChI is InChI=1S/C26H25F3N4O3/c1-26(36-2)11-32(12-26)21-4-3-16-23(34)17(25(35)30-20-7-13-5-14(20)6-13)10-33(24(16)31-21)22-18(28)8-15(27)9-19(22)29/h3-4,8-10,13-14,20H,5-7,11-12H2,1-2H3,(H,30,35). The third-order valence-corrected chi connectivity index (χ3v) is 7.92. The molecule has 0 spiro atoms. The molecule has 10 heteroatoms. The van der Waals surface area contributed by atoms with Crippen molar-refractivity contribution in [3.05, 3.63) is 63.7 Å². The molecule has 188 valence electrons. The van der Waals surface area contributed by atoms with E-state index in [0.717, 1.165) is 30.0 Å². The number of carbonyl (C=O) groups excluding carboxylic acids is 1. The number of ether oxygens (including phenoxy) is 1. The lowest BCUT2D eigenvalue weighted by molar-refractivity contribution is -0.0171. The molecule has 1 N–H and O–H groups in total. The number of benzene rings is 1. The van der Waals surface area contributed by atoms with E-state index in [9.17, 15) is 22.8 Å². The second kappa shape index (κ2) is 8.06. The molecule has 3 saturated carbocycles. The van der Waals surface area contributed by atoms with E-state index in [2.05, 4.69) is 10.3 Å². The molecule has 3 aliphatic carbocycles. The number of anilines is 1. The third kappa shape index (κ3) is 3.57. The van der Waals surface area contributed by atoms with E-state index in [1.807, 2.05) is 11.8 Å². The zero-order valence-electron chi connectivity index (χ0n) is 19.9. The van der Waals surface area contributed by atoms with Crippen molar-refractivity contribution in [3.63, 3.8) is 0 Å². The van der Waals surface area contributed by atoms with E-state index in [-0.39, 0.29) is 28.2 Å². The van der Waals surface area contributed by atoms with Crippen molar-refractivity contribution in [2.75, 3.05) is 25.1 Å². The molecule has 2 aromatic heterocycles. The highest BCUT2D eigenvalue weighted by Crippen LogP contribution is 2.48. The summed E-state index contributed by atoms with van der Waals surface area (Å²) in [6, 6.07) is 4.22. The summed E-state index contributed by atoms with van der Waals surface area (Å²) in [4.78, 5) is 33.0. The first-order valence-corrected chi connectivity index (χ1v) is 12.0. The van der Waals surface area contributed by atoms with Crippen molar-refractivity contribution in [3.8, 4) is 5.69 Å². The Morgan fingerprint density at radius 2 is 1.83 bits per heavy atom. The van der Waals surface area contributed by atoms with Crippen molar-refractivity contribution in [1.82, 2.24) is 14.9 Å². The molecule has 1 saturated heterocycles. The number of nitrogens with zero attached hydrogens (tertiary/aromatic N) is 3. The second-order valence-electron chi connectivity index (χ2n) is 10.4. The fraction of sp³-hybridized carbons (Fsp3) is 0.423. The lowest BCUT2D eigenvalue weighted by Gasteiger charge is -2.47. The Hall–Kier alpha value is -3.40. The topological polar surface area (TPSA) is 76.5 Å². The van der Waals surface area contributed by atoms with Crippen LogP contribution in [0.4, 0.5) is 19.0 Å². The Balaban J connectivity index is 1.49. The Morgan fingerprint density at radius 1 is 1.14 bits per heavy atom. The number of hydrogen-bond donors (Lipinski definition) is 1. The van der Waals surface area contributed by atoms with E-state index < -0.39 is 34.5 Å². The summed E-state index contributed by atoms with van der Waals surface area (Å²) in [7, 11) is 1.62. The molecule has 1 amide bonds. The van der Waals surface area contributed by atoms with Gasteiger partial charge in [0.1, 0.15) is 22.9 Å². The zero-order valence-corrected chi connectivity index (χ0v) is 19.9. The van der Waals surface area contributed by atoms with Crippen LogP contribution in [0.15, 0.2) is 35.3 Å². The Kier molecular flexibility index (Phi) is 5.15. The summed E-state index contributed by atoms with van der Waals surface area (Å²) in [5, 5.41) is 2.96. The molecule has 4 fully saturated rings. The van der Waals surface area contributed by atoms with Gasteiger partial charge < -0.3 is 15.0 Å². The highest BCUT2D eigenvalue weighted by molar-refractivity contribution is 5.97. The molecular weight excluding hydrogens is 473 g/mol. The van der Waals surface area contributed by atoms with Gasteiger partial charge in [-0.2, -0.15) is 0 Å². The number of nitrogens with one attached hydrogen (secondary N) is 1. The Morgan fingerprint density at radius 3 is 2.44 bits per heavy atom. The first-order chi connectivity index (χ1) is 17.2. The molecule has 1 atom stereocenters. The average molecular weight is 499 g/mol. The van der Waals surface area contributed by atoms with E-state index in [0.29, 0.717) is 42.9 Å². The van der Waals surface area contributed by atoms with Gasteiger partial charge in [-0.1, -0.05) is 0 Å². The predicted octanol–water partition coefficient (Wildman–Crippen LogP) is 3.56. The number of aromatic nitrogens is 2. The molecule has 4 aliphatic rings. The van der Waals surface area contributed by atoms with E-state index in [4.69, 9.17) is 4.74 Å². The van der Waals surface area contributed by atoms with Crippen LogP contribution in [0.1, 0.15) is 36.5 Å². The molecule has 0 radical (unpaired) electrons. The maximum atomic E-state index is 14.9. The van der Waals surface area contributed by atoms with Crippen molar-refractivity contribution < 1.29 is 22.7 Å². The number of amides is 1. The first kappa shape index (κ1) is 23.0. The fourth-order valence-corrected chi connectivity index (χ4v) is 5.80. The lowest BCUT2D eigenvalue weighted by atomic mass is 9.84. The maximum Gasteiger partial charge on any atom is 0.257 e. The molecule has 3 aromatic rings. The monoisotopic (exact) mass is 498 g/mol. The maximum absolute atomic E-state index is 14.9. The highest BCUT2D eigenvalue weighted by Gasteiger charge is 2.45. The van der Waals surface area contributed by atoms with Crippen LogP contribution in [0.5, 0.6) is 0 Å². The highest BCUT2D eigenvalue weighted by atomic mass is 19.1. The Bertz CT molecular complexity index is 1440. The molecule has 1 unspecified atom stereocenters.